The molecule has 110 valence electrons. The number of hydrogen-bond acceptors (Lipinski definition) is 5. The number of imide groups is 1. The number of hydrogen-bond donors (Lipinski definition) is 0. The van der Waals surface area contributed by atoms with Gasteiger partial charge in [-0.05, 0) is 37.6 Å². The number of fused-ring (bicyclic) bond motifs is 1. The van der Waals surface area contributed by atoms with Crippen molar-refractivity contribution in [1.82, 2.24) is 10.0 Å². The third-order valence-corrected chi connectivity index (χ3v) is 3.39. The molecule has 1 aliphatic heterocycles. The Morgan fingerprint density at radius 3 is 2.27 bits per heavy atom. The molecule has 3 rings (SSSR count). The molecule has 6 nitrogen and oxygen atoms in total. The number of pyridine rings is 1. The largest absolute Gasteiger partial charge is 0.364 e. The Morgan fingerprint density at radius 1 is 1.09 bits per heavy atom. The second-order valence-corrected chi connectivity index (χ2v) is 4.97. The van der Waals surface area contributed by atoms with E-state index >= 15 is 0 Å². The fourth-order valence-electron chi connectivity index (χ4n) is 2.23. The molecule has 1 aliphatic rings. The van der Waals surface area contributed by atoms with Crippen LogP contribution in [0.25, 0.3) is 0 Å². The van der Waals surface area contributed by atoms with Crippen molar-refractivity contribution in [2.24, 2.45) is 0 Å². The molecule has 0 unspecified atom stereocenters. The lowest BCUT2D eigenvalue weighted by Gasteiger charge is -2.13. The molecule has 0 N–H and O–H groups in total. The van der Waals surface area contributed by atoms with E-state index in [1.54, 1.807) is 32.0 Å². The number of rotatable bonds is 2. The number of aromatic nitrogens is 1. The summed E-state index contributed by atoms with van der Waals surface area (Å²) in [6.07, 6.45) is 1.54. The van der Waals surface area contributed by atoms with Crippen LogP contribution >= 0.6 is 0 Å². The van der Waals surface area contributed by atoms with Crippen molar-refractivity contribution in [2.75, 3.05) is 0 Å². The topological polar surface area (TPSA) is 76.6 Å². The first-order valence-electron chi connectivity index (χ1n) is 6.62. The van der Waals surface area contributed by atoms with Gasteiger partial charge in [-0.3, -0.25) is 14.6 Å². The number of nitrogens with zero attached hydrogens (tertiary/aromatic N) is 2. The van der Waals surface area contributed by atoms with Gasteiger partial charge < -0.3 is 4.84 Å². The van der Waals surface area contributed by atoms with E-state index in [9.17, 15) is 14.4 Å². The van der Waals surface area contributed by atoms with Gasteiger partial charge in [0.2, 0.25) is 0 Å². The lowest BCUT2D eigenvalue weighted by molar-refractivity contribution is -0.0585. The van der Waals surface area contributed by atoms with Crippen molar-refractivity contribution in [3.8, 4) is 0 Å². The van der Waals surface area contributed by atoms with E-state index in [4.69, 9.17) is 4.84 Å². The maximum Gasteiger partial charge on any atom is 0.364 e. The second-order valence-electron chi connectivity index (χ2n) is 4.97. The Labute approximate surface area is 126 Å². The molecule has 2 aromatic rings. The molecular formula is C16H12N2O4. The quantitative estimate of drug-likeness (QED) is 0.793. The third-order valence-electron chi connectivity index (χ3n) is 3.39. The summed E-state index contributed by atoms with van der Waals surface area (Å²) in [5.74, 6) is -2.05. The summed E-state index contributed by atoms with van der Waals surface area (Å²) in [4.78, 5) is 45.6. The van der Waals surface area contributed by atoms with Gasteiger partial charge in [0, 0.05) is 11.9 Å². The first-order chi connectivity index (χ1) is 10.5. The second kappa shape index (κ2) is 5.07. The molecule has 2 amide bonds. The lowest BCUT2D eigenvalue weighted by Crippen LogP contribution is -2.33. The van der Waals surface area contributed by atoms with E-state index in [0.29, 0.717) is 16.3 Å². The maximum atomic E-state index is 12.2. The van der Waals surface area contributed by atoms with Crippen molar-refractivity contribution in [3.63, 3.8) is 0 Å². The Balaban J connectivity index is 1.89. The van der Waals surface area contributed by atoms with Crippen LogP contribution in [0.3, 0.4) is 0 Å². The van der Waals surface area contributed by atoms with Crippen molar-refractivity contribution >= 4 is 17.8 Å². The molecule has 2 heterocycles. The van der Waals surface area contributed by atoms with Crippen LogP contribution in [0.15, 0.2) is 36.5 Å². The van der Waals surface area contributed by atoms with Gasteiger partial charge in [0.15, 0.2) is 0 Å². The van der Waals surface area contributed by atoms with E-state index in [2.05, 4.69) is 4.98 Å². The summed E-state index contributed by atoms with van der Waals surface area (Å²) in [6, 6.07) is 7.88. The molecule has 0 bridgehead atoms. The minimum atomic E-state index is -0.766. The van der Waals surface area contributed by atoms with Crippen LogP contribution in [0.2, 0.25) is 0 Å². The van der Waals surface area contributed by atoms with Gasteiger partial charge in [-0.1, -0.05) is 17.2 Å². The fraction of sp³-hybridized carbons (Fsp3) is 0.125. The lowest BCUT2D eigenvalue weighted by atomic mass is 10.1. The van der Waals surface area contributed by atoms with Crippen LogP contribution in [0.4, 0.5) is 0 Å². The van der Waals surface area contributed by atoms with Crippen molar-refractivity contribution in [1.29, 1.82) is 0 Å². The summed E-state index contributed by atoms with van der Waals surface area (Å²) in [5, 5.41) is 0.502. The summed E-state index contributed by atoms with van der Waals surface area (Å²) >= 11 is 0. The smallest absolute Gasteiger partial charge is 0.324 e. The van der Waals surface area contributed by atoms with Crippen LogP contribution in [-0.2, 0) is 4.84 Å². The molecule has 0 radical (unpaired) electrons. The number of carbonyl (C=O) groups excluding carboxylic acids is 3. The van der Waals surface area contributed by atoms with Crippen LogP contribution in [0.1, 0.15) is 42.3 Å². The molecular weight excluding hydrogens is 284 g/mol. The van der Waals surface area contributed by atoms with E-state index in [1.165, 1.54) is 18.3 Å². The number of aryl methyl sites for hydroxylation is 2. The zero-order valence-electron chi connectivity index (χ0n) is 12.0. The van der Waals surface area contributed by atoms with Gasteiger partial charge in [0.25, 0.3) is 11.8 Å². The van der Waals surface area contributed by atoms with Crippen molar-refractivity contribution in [2.45, 2.75) is 13.8 Å². The van der Waals surface area contributed by atoms with Crippen LogP contribution in [0, 0.1) is 13.8 Å². The predicted molar refractivity (Wildman–Crippen MR) is 76.1 cm³/mol. The first kappa shape index (κ1) is 13.9. The molecule has 0 atom stereocenters. The van der Waals surface area contributed by atoms with E-state index in [-0.39, 0.29) is 16.7 Å². The van der Waals surface area contributed by atoms with Crippen LogP contribution < -0.4 is 0 Å². The molecule has 0 saturated heterocycles. The van der Waals surface area contributed by atoms with Gasteiger partial charge in [0.1, 0.15) is 0 Å². The average molecular weight is 296 g/mol. The molecule has 0 aliphatic carbocycles. The highest BCUT2D eigenvalue weighted by atomic mass is 16.7. The van der Waals surface area contributed by atoms with Crippen molar-refractivity contribution < 1.29 is 19.2 Å². The maximum absolute atomic E-state index is 12.2. The number of carbonyl (C=O) groups is 3. The Bertz CT molecular complexity index is 779. The zero-order valence-corrected chi connectivity index (χ0v) is 12.0. The standard InChI is InChI=1S/C16H12N2O4/c1-9-8-17-10(2)7-13(9)16(21)22-18-14(19)11-5-3-4-6-12(11)15(18)20/h3-8H,1-2H3. The minimum absolute atomic E-state index is 0.225. The summed E-state index contributed by atoms with van der Waals surface area (Å²) in [5.41, 5.74) is 1.96. The molecule has 1 aromatic carbocycles. The van der Waals surface area contributed by atoms with E-state index in [1.807, 2.05) is 0 Å². The summed E-state index contributed by atoms with van der Waals surface area (Å²) in [6.45, 7) is 3.43. The first-order valence-corrected chi connectivity index (χ1v) is 6.62. The average Bonchev–Trinajstić information content (AvgIpc) is 2.75. The van der Waals surface area contributed by atoms with E-state index < -0.39 is 17.8 Å². The summed E-state index contributed by atoms with van der Waals surface area (Å²) in [7, 11) is 0. The highest BCUT2D eigenvalue weighted by Gasteiger charge is 2.38. The normalized spacial score (nSPS) is 13.3. The predicted octanol–water partition coefficient (Wildman–Crippen LogP) is 2.07. The Kier molecular flexibility index (Phi) is 3.21. The fourth-order valence-corrected chi connectivity index (χ4v) is 2.23. The highest BCUT2D eigenvalue weighted by molar-refractivity contribution is 6.21. The molecule has 22 heavy (non-hydrogen) atoms. The number of amides is 2. The van der Waals surface area contributed by atoms with Crippen LogP contribution in [0.5, 0.6) is 0 Å². The summed E-state index contributed by atoms with van der Waals surface area (Å²) < 4.78 is 0. The zero-order chi connectivity index (χ0) is 15.9. The SMILES string of the molecule is Cc1cc(C(=O)ON2C(=O)c3ccccc3C2=O)c(C)cn1. The minimum Gasteiger partial charge on any atom is -0.324 e. The van der Waals surface area contributed by atoms with Gasteiger partial charge >= 0.3 is 5.97 Å². The van der Waals surface area contributed by atoms with Gasteiger partial charge in [-0.15, -0.1) is 0 Å². The molecule has 6 heteroatoms. The number of benzene rings is 1. The monoisotopic (exact) mass is 296 g/mol. The Hall–Kier alpha value is -3.02. The molecule has 0 saturated carbocycles. The molecule has 0 fully saturated rings. The van der Waals surface area contributed by atoms with Crippen molar-refractivity contribution in [3.05, 3.63) is 64.5 Å². The van der Waals surface area contributed by atoms with Gasteiger partial charge in [0.05, 0.1) is 16.7 Å². The molecule has 1 aromatic heterocycles. The number of hydroxylamine groups is 2. The van der Waals surface area contributed by atoms with E-state index in [0.717, 1.165) is 0 Å². The highest BCUT2D eigenvalue weighted by Crippen LogP contribution is 2.23. The molecule has 0 spiro atoms. The Morgan fingerprint density at radius 2 is 1.68 bits per heavy atom. The third kappa shape index (κ3) is 2.14. The van der Waals surface area contributed by atoms with Gasteiger partial charge in [-0.25, -0.2) is 4.79 Å². The van der Waals surface area contributed by atoms with Gasteiger partial charge in [-0.2, -0.15) is 0 Å². The van der Waals surface area contributed by atoms with Crippen LogP contribution in [-0.4, -0.2) is 27.8 Å².